The van der Waals surface area contributed by atoms with Gasteiger partial charge in [0.05, 0.1) is 5.60 Å². The molecule has 0 spiro atoms. The second-order valence-electron chi connectivity index (χ2n) is 5.67. The van der Waals surface area contributed by atoms with Crippen LogP contribution in [0, 0.1) is 11.8 Å². The first-order valence-electron chi connectivity index (χ1n) is 6.83. The van der Waals surface area contributed by atoms with Crippen molar-refractivity contribution < 1.29 is 5.11 Å². The summed E-state index contributed by atoms with van der Waals surface area (Å²) in [6, 6.07) is 0. The quantitative estimate of drug-likeness (QED) is 0.803. The van der Waals surface area contributed by atoms with Crippen LogP contribution in [-0.2, 0) is 0 Å². The number of piperidine rings is 1. The van der Waals surface area contributed by atoms with Gasteiger partial charge < -0.3 is 10.0 Å². The first-order valence-corrected chi connectivity index (χ1v) is 6.83. The number of aliphatic hydroxyl groups is 1. The molecule has 2 heteroatoms. The average Bonchev–Trinajstić information content (AvgIpc) is 2.19. The molecular formula is C14H31NO. The number of nitrogens with zero attached hydrogens (tertiary/aromatic N) is 1. The molecule has 0 amide bonds. The third-order valence-corrected chi connectivity index (χ3v) is 3.19. The van der Waals surface area contributed by atoms with Crippen LogP contribution in [0.5, 0.6) is 0 Å². The topological polar surface area (TPSA) is 23.5 Å². The van der Waals surface area contributed by atoms with Gasteiger partial charge in [-0.15, -0.1) is 0 Å². The summed E-state index contributed by atoms with van der Waals surface area (Å²) >= 11 is 0. The maximum atomic E-state index is 9.70. The minimum Gasteiger partial charge on any atom is -0.389 e. The molecule has 16 heavy (non-hydrogen) atoms. The lowest BCUT2D eigenvalue weighted by atomic mass is 9.86. The van der Waals surface area contributed by atoms with Gasteiger partial charge in [0.1, 0.15) is 0 Å². The Labute approximate surface area is 102 Å². The lowest BCUT2D eigenvalue weighted by Crippen LogP contribution is -2.43. The fraction of sp³-hybridized carbons (Fsp3) is 1.00. The monoisotopic (exact) mass is 229 g/mol. The van der Waals surface area contributed by atoms with E-state index in [1.165, 1.54) is 12.8 Å². The van der Waals surface area contributed by atoms with E-state index in [0.717, 1.165) is 31.5 Å². The van der Waals surface area contributed by atoms with Crippen LogP contribution in [0.15, 0.2) is 0 Å². The molecule has 0 saturated carbocycles. The minimum absolute atomic E-state index is 0.537. The molecular weight excluding hydrogens is 198 g/mol. The fourth-order valence-electron chi connectivity index (χ4n) is 2.32. The van der Waals surface area contributed by atoms with Crippen molar-refractivity contribution in [2.24, 2.45) is 11.8 Å². The highest BCUT2D eigenvalue weighted by Gasteiger charge is 2.24. The molecule has 0 radical (unpaired) electrons. The number of hydrogen-bond donors (Lipinski definition) is 1. The average molecular weight is 229 g/mol. The Balaban J connectivity index is 0.00000106. The largest absolute Gasteiger partial charge is 0.389 e. The van der Waals surface area contributed by atoms with E-state index in [2.05, 4.69) is 18.7 Å². The summed E-state index contributed by atoms with van der Waals surface area (Å²) in [5.74, 6) is 1.72. The first kappa shape index (κ1) is 15.9. The summed E-state index contributed by atoms with van der Waals surface area (Å²) in [5, 5.41) is 9.70. The van der Waals surface area contributed by atoms with Crippen LogP contribution in [-0.4, -0.2) is 35.2 Å². The molecule has 0 unspecified atom stereocenters. The van der Waals surface area contributed by atoms with Crippen LogP contribution in [0.2, 0.25) is 0 Å². The van der Waals surface area contributed by atoms with Gasteiger partial charge in [-0.05, 0) is 51.6 Å². The van der Waals surface area contributed by atoms with E-state index in [9.17, 15) is 5.11 Å². The van der Waals surface area contributed by atoms with E-state index in [4.69, 9.17) is 0 Å². The molecule has 0 atom stereocenters. The van der Waals surface area contributed by atoms with Gasteiger partial charge in [0, 0.05) is 6.54 Å². The van der Waals surface area contributed by atoms with E-state index in [0.29, 0.717) is 0 Å². The van der Waals surface area contributed by atoms with Gasteiger partial charge in [-0.1, -0.05) is 27.7 Å². The normalized spacial score (nSPS) is 19.5. The van der Waals surface area contributed by atoms with Crippen molar-refractivity contribution in [3.05, 3.63) is 0 Å². The Hall–Kier alpha value is -0.0800. The molecule has 0 aromatic carbocycles. The van der Waals surface area contributed by atoms with Crippen molar-refractivity contribution in [2.75, 3.05) is 19.6 Å². The summed E-state index contributed by atoms with van der Waals surface area (Å²) in [6.07, 6.45) is 2.60. The summed E-state index contributed by atoms with van der Waals surface area (Å²) in [7, 11) is 0. The highest BCUT2D eigenvalue weighted by Crippen LogP contribution is 2.25. The van der Waals surface area contributed by atoms with Gasteiger partial charge in [-0.3, -0.25) is 0 Å². The van der Waals surface area contributed by atoms with Crippen LogP contribution < -0.4 is 0 Å². The molecule has 0 aliphatic carbocycles. The molecule has 1 N–H and O–H groups in total. The van der Waals surface area contributed by atoms with Crippen molar-refractivity contribution in [1.82, 2.24) is 4.90 Å². The summed E-state index contributed by atoms with van der Waals surface area (Å²) in [5.41, 5.74) is -0.537. The van der Waals surface area contributed by atoms with Crippen molar-refractivity contribution >= 4 is 0 Å². The lowest BCUT2D eigenvalue weighted by Gasteiger charge is -2.36. The van der Waals surface area contributed by atoms with Crippen molar-refractivity contribution in [2.45, 2.75) is 60.0 Å². The Morgan fingerprint density at radius 1 is 1.19 bits per heavy atom. The zero-order valence-electron chi connectivity index (χ0n) is 12.1. The summed E-state index contributed by atoms with van der Waals surface area (Å²) in [6.45, 7) is 15.5. The van der Waals surface area contributed by atoms with Crippen LogP contribution in [0.4, 0.5) is 0 Å². The van der Waals surface area contributed by atoms with E-state index in [1.807, 2.05) is 27.7 Å². The van der Waals surface area contributed by atoms with E-state index >= 15 is 0 Å². The predicted octanol–water partition coefficient (Wildman–Crippen LogP) is 3.15. The smallest absolute Gasteiger partial charge is 0.0718 e. The Morgan fingerprint density at radius 3 is 1.94 bits per heavy atom. The molecule has 1 heterocycles. The minimum atomic E-state index is -0.537. The zero-order chi connectivity index (χ0) is 12.8. The van der Waals surface area contributed by atoms with Gasteiger partial charge in [0.15, 0.2) is 0 Å². The number of hydrogen-bond acceptors (Lipinski definition) is 2. The van der Waals surface area contributed by atoms with Crippen molar-refractivity contribution in [1.29, 1.82) is 0 Å². The van der Waals surface area contributed by atoms with Crippen LogP contribution in [0.3, 0.4) is 0 Å². The molecule has 0 aromatic heterocycles. The van der Waals surface area contributed by atoms with Gasteiger partial charge in [0.25, 0.3) is 0 Å². The predicted molar refractivity (Wildman–Crippen MR) is 71.6 cm³/mol. The molecule has 0 bridgehead atoms. The second kappa shape index (κ2) is 7.29. The third-order valence-electron chi connectivity index (χ3n) is 3.19. The summed E-state index contributed by atoms with van der Waals surface area (Å²) in [4.78, 5) is 2.39. The zero-order valence-corrected chi connectivity index (χ0v) is 12.1. The van der Waals surface area contributed by atoms with Gasteiger partial charge in [0.2, 0.25) is 0 Å². The molecule has 1 aliphatic rings. The SMILES string of the molecule is CC.CC(C)C1CCN(CC(C)(C)O)CC1. The van der Waals surface area contributed by atoms with Crippen LogP contribution in [0.1, 0.15) is 54.4 Å². The Kier molecular flexibility index (Phi) is 7.25. The van der Waals surface area contributed by atoms with Gasteiger partial charge in [-0.25, -0.2) is 0 Å². The van der Waals surface area contributed by atoms with E-state index in [-0.39, 0.29) is 0 Å². The van der Waals surface area contributed by atoms with Crippen LogP contribution >= 0.6 is 0 Å². The molecule has 1 fully saturated rings. The standard InChI is InChI=1S/C12H25NO.C2H6/c1-10(2)11-5-7-13(8-6-11)9-12(3,4)14;1-2/h10-11,14H,5-9H2,1-4H3;1-2H3. The molecule has 1 saturated heterocycles. The molecule has 0 aromatic rings. The van der Waals surface area contributed by atoms with Crippen molar-refractivity contribution in [3.63, 3.8) is 0 Å². The van der Waals surface area contributed by atoms with Gasteiger partial charge >= 0.3 is 0 Å². The van der Waals surface area contributed by atoms with E-state index in [1.54, 1.807) is 0 Å². The number of likely N-dealkylation sites (tertiary alicyclic amines) is 1. The molecule has 98 valence electrons. The lowest BCUT2D eigenvalue weighted by molar-refractivity contribution is 0.0214. The molecule has 1 rings (SSSR count). The number of rotatable bonds is 3. The highest BCUT2D eigenvalue weighted by atomic mass is 16.3. The Morgan fingerprint density at radius 2 is 1.62 bits per heavy atom. The maximum absolute atomic E-state index is 9.70. The highest BCUT2D eigenvalue weighted by molar-refractivity contribution is 4.78. The molecule has 2 nitrogen and oxygen atoms in total. The second-order valence-corrected chi connectivity index (χ2v) is 5.67. The van der Waals surface area contributed by atoms with Crippen LogP contribution in [0.25, 0.3) is 0 Å². The summed E-state index contributed by atoms with van der Waals surface area (Å²) < 4.78 is 0. The first-order chi connectivity index (χ1) is 7.38. The molecule has 1 aliphatic heterocycles. The third kappa shape index (κ3) is 6.49. The Bertz CT molecular complexity index is 164. The van der Waals surface area contributed by atoms with E-state index < -0.39 is 5.60 Å². The number of β-amino-alcohol motifs (C(OH)–C–C–N with tert-alkyl or cyclic N) is 1. The maximum Gasteiger partial charge on any atom is 0.0718 e. The van der Waals surface area contributed by atoms with Crippen molar-refractivity contribution in [3.8, 4) is 0 Å². The van der Waals surface area contributed by atoms with Gasteiger partial charge in [-0.2, -0.15) is 0 Å². The fourth-order valence-corrected chi connectivity index (χ4v) is 2.32.